The molecular formula is C13H16BrNO2. The molecule has 1 N–H and O–H groups in total. The Balaban J connectivity index is 2.24. The molecule has 0 aliphatic carbocycles. The van der Waals surface area contributed by atoms with Gasteiger partial charge in [-0.05, 0) is 38.0 Å². The van der Waals surface area contributed by atoms with Gasteiger partial charge in [0, 0.05) is 22.7 Å². The quantitative estimate of drug-likeness (QED) is 0.912. The largest absolute Gasteiger partial charge is 0.481 e. The second kappa shape index (κ2) is 4.69. The summed E-state index contributed by atoms with van der Waals surface area (Å²) < 4.78 is 1.07. The highest BCUT2D eigenvalue weighted by Gasteiger charge is 2.35. The van der Waals surface area contributed by atoms with E-state index in [9.17, 15) is 4.79 Å². The van der Waals surface area contributed by atoms with Crippen LogP contribution in [0, 0.1) is 12.8 Å². The summed E-state index contributed by atoms with van der Waals surface area (Å²) in [6, 6.07) is 6.24. The Morgan fingerprint density at radius 3 is 2.76 bits per heavy atom. The first kappa shape index (κ1) is 12.4. The Bertz CT molecular complexity index is 447. The van der Waals surface area contributed by atoms with E-state index >= 15 is 0 Å². The van der Waals surface area contributed by atoms with Gasteiger partial charge in [-0.2, -0.15) is 0 Å². The first-order valence-corrected chi connectivity index (χ1v) is 6.55. The first-order valence-electron chi connectivity index (χ1n) is 5.76. The van der Waals surface area contributed by atoms with Crippen molar-refractivity contribution in [3.05, 3.63) is 28.2 Å². The fraction of sp³-hybridized carbons (Fsp3) is 0.462. The van der Waals surface area contributed by atoms with Crippen LogP contribution >= 0.6 is 15.9 Å². The third-order valence-electron chi connectivity index (χ3n) is 3.56. The number of rotatable bonds is 2. The number of anilines is 1. The van der Waals surface area contributed by atoms with Gasteiger partial charge in [0.15, 0.2) is 0 Å². The molecule has 0 saturated carbocycles. The van der Waals surface area contributed by atoms with Crippen LogP contribution in [0.1, 0.15) is 18.9 Å². The van der Waals surface area contributed by atoms with Crippen LogP contribution in [-0.2, 0) is 4.79 Å². The smallest absolute Gasteiger partial charge is 0.308 e. The van der Waals surface area contributed by atoms with Gasteiger partial charge >= 0.3 is 5.97 Å². The van der Waals surface area contributed by atoms with Crippen LogP contribution in [0.3, 0.4) is 0 Å². The molecule has 2 rings (SSSR count). The van der Waals surface area contributed by atoms with E-state index in [1.165, 1.54) is 5.56 Å². The first-order chi connectivity index (χ1) is 8.00. The normalized spacial score (nSPS) is 24.1. The van der Waals surface area contributed by atoms with E-state index < -0.39 is 5.97 Å². The molecule has 4 heteroatoms. The van der Waals surface area contributed by atoms with E-state index in [-0.39, 0.29) is 12.0 Å². The number of aryl methyl sites for hydroxylation is 1. The average Bonchev–Trinajstić information content (AvgIpc) is 2.64. The highest BCUT2D eigenvalue weighted by molar-refractivity contribution is 9.10. The molecule has 0 aromatic heterocycles. The fourth-order valence-electron chi connectivity index (χ4n) is 2.39. The van der Waals surface area contributed by atoms with Crippen LogP contribution in [0.25, 0.3) is 0 Å². The van der Waals surface area contributed by atoms with Crippen molar-refractivity contribution >= 4 is 27.6 Å². The number of hydrogen-bond donors (Lipinski definition) is 1. The maximum absolute atomic E-state index is 11.1. The molecule has 1 saturated heterocycles. The summed E-state index contributed by atoms with van der Waals surface area (Å²) in [5.74, 6) is -0.943. The van der Waals surface area contributed by atoms with Crippen LogP contribution < -0.4 is 4.90 Å². The highest BCUT2D eigenvalue weighted by atomic mass is 79.9. The van der Waals surface area contributed by atoms with Gasteiger partial charge in [0.05, 0.1) is 5.92 Å². The molecule has 3 nitrogen and oxygen atoms in total. The van der Waals surface area contributed by atoms with Crippen LogP contribution in [0.4, 0.5) is 5.69 Å². The minimum Gasteiger partial charge on any atom is -0.481 e. The van der Waals surface area contributed by atoms with E-state index in [0.29, 0.717) is 0 Å². The minimum atomic E-state index is -0.689. The van der Waals surface area contributed by atoms with Crippen molar-refractivity contribution in [2.24, 2.45) is 5.92 Å². The summed E-state index contributed by atoms with van der Waals surface area (Å²) >= 11 is 3.51. The van der Waals surface area contributed by atoms with Crippen LogP contribution in [0.15, 0.2) is 22.7 Å². The number of carbonyl (C=O) groups is 1. The number of carboxylic acids is 1. The lowest BCUT2D eigenvalue weighted by Crippen LogP contribution is -2.32. The van der Waals surface area contributed by atoms with Gasteiger partial charge in [-0.3, -0.25) is 4.79 Å². The molecule has 92 valence electrons. The van der Waals surface area contributed by atoms with E-state index in [1.807, 2.05) is 13.8 Å². The zero-order valence-electron chi connectivity index (χ0n) is 9.98. The van der Waals surface area contributed by atoms with Gasteiger partial charge < -0.3 is 10.0 Å². The van der Waals surface area contributed by atoms with Crippen molar-refractivity contribution < 1.29 is 9.90 Å². The molecule has 0 amide bonds. The Hall–Kier alpha value is -1.03. The number of benzene rings is 1. The van der Waals surface area contributed by atoms with Gasteiger partial charge in [0.2, 0.25) is 0 Å². The second-order valence-electron chi connectivity index (χ2n) is 4.60. The summed E-state index contributed by atoms with van der Waals surface area (Å²) in [6.45, 7) is 4.84. The van der Waals surface area contributed by atoms with Crippen LogP contribution in [-0.4, -0.2) is 23.7 Å². The second-order valence-corrected chi connectivity index (χ2v) is 5.46. The van der Waals surface area contributed by atoms with Crippen LogP contribution in [0.5, 0.6) is 0 Å². The number of hydrogen-bond acceptors (Lipinski definition) is 2. The molecule has 2 unspecified atom stereocenters. The topological polar surface area (TPSA) is 40.5 Å². The Kier molecular flexibility index (Phi) is 3.43. The van der Waals surface area contributed by atoms with Gasteiger partial charge in [-0.1, -0.05) is 22.0 Å². The Morgan fingerprint density at radius 1 is 1.53 bits per heavy atom. The molecule has 1 aromatic carbocycles. The molecule has 1 aromatic rings. The summed E-state index contributed by atoms with van der Waals surface area (Å²) in [5.41, 5.74) is 2.29. The number of carboxylic acid groups (broad SMARTS) is 1. The molecule has 1 fully saturated rings. The summed E-state index contributed by atoms with van der Waals surface area (Å²) in [6.07, 6.45) is 0.724. The SMILES string of the molecule is Cc1ccc(N2CCC(C(=O)O)C2C)cc1Br. The maximum Gasteiger partial charge on any atom is 0.308 e. The predicted molar refractivity (Wildman–Crippen MR) is 71.4 cm³/mol. The highest BCUT2D eigenvalue weighted by Crippen LogP contribution is 2.32. The van der Waals surface area contributed by atoms with Crippen molar-refractivity contribution in [2.45, 2.75) is 26.3 Å². The molecule has 0 spiro atoms. The third-order valence-corrected chi connectivity index (χ3v) is 4.41. The Labute approximate surface area is 110 Å². The van der Waals surface area contributed by atoms with Crippen molar-refractivity contribution in [1.29, 1.82) is 0 Å². The summed E-state index contributed by atoms with van der Waals surface area (Å²) in [7, 11) is 0. The monoisotopic (exact) mass is 297 g/mol. The number of aliphatic carboxylic acids is 1. The molecule has 1 heterocycles. The lowest BCUT2D eigenvalue weighted by molar-refractivity contribution is -0.141. The molecule has 1 aliphatic rings. The predicted octanol–water partition coefficient (Wildman–Crippen LogP) is 3.06. The fourth-order valence-corrected chi connectivity index (χ4v) is 2.76. The third kappa shape index (κ3) is 2.32. The lowest BCUT2D eigenvalue weighted by Gasteiger charge is -2.25. The van der Waals surface area contributed by atoms with Gasteiger partial charge in [-0.15, -0.1) is 0 Å². The standard InChI is InChI=1S/C13H16BrNO2/c1-8-3-4-10(7-12(8)14)15-6-5-11(9(15)2)13(16)17/h3-4,7,9,11H,5-6H2,1-2H3,(H,16,17). The van der Waals surface area contributed by atoms with E-state index in [0.717, 1.165) is 23.1 Å². The Morgan fingerprint density at radius 2 is 2.24 bits per heavy atom. The lowest BCUT2D eigenvalue weighted by atomic mass is 10.0. The minimum absolute atomic E-state index is 0.0575. The zero-order valence-corrected chi connectivity index (χ0v) is 11.6. The van der Waals surface area contributed by atoms with Gasteiger partial charge in [0.25, 0.3) is 0 Å². The van der Waals surface area contributed by atoms with Crippen molar-refractivity contribution in [3.8, 4) is 0 Å². The molecule has 17 heavy (non-hydrogen) atoms. The molecule has 2 atom stereocenters. The van der Waals surface area contributed by atoms with E-state index in [2.05, 4.69) is 39.0 Å². The maximum atomic E-state index is 11.1. The van der Waals surface area contributed by atoms with Crippen LogP contribution in [0.2, 0.25) is 0 Å². The van der Waals surface area contributed by atoms with Crippen molar-refractivity contribution in [3.63, 3.8) is 0 Å². The van der Waals surface area contributed by atoms with E-state index in [4.69, 9.17) is 5.11 Å². The average molecular weight is 298 g/mol. The molecule has 0 bridgehead atoms. The number of nitrogens with zero attached hydrogens (tertiary/aromatic N) is 1. The molecule has 1 aliphatic heterocycles. The van der Waals surface area contributed by atoms with E-state index in [1.54, 1.807) is 0 Å². The molecule has 0 radical (unpaired) electrons. The van der Waals surface area contributed by atoms with Crippen molar-refractivity contribution in [1.82, 2.24) is 0 Å². The summed E-state index contributed by atoms with van der Waals surface area (Å²) in [4.78, 5) is 13.2. The van der Waals surface area contributed by atoms with Gasteiger partial charge in [0.1, 0.15) is 0 Å². The van der Waals surface area contributed by atoms with Gasteiger partial charge in [-0.25, -0.2) is 0 Å². The van der Waals surface area contributed by atoms with Crippen molar-refractivity contribution in [2.75, 3.05) is 11.4 Å². The zero-order chi connectivity index (χ0) is 12.6. The number of halogens is 1. The summed E-state index contributed by atoms with van der Waals surface area (Å²) in [5, 5.41) is 9.11. The molecular weight excluding hydrogens is 282 g/mol.